The van der Waals surface area contributed by atoms with Gasteiger partial charge in [-0.15, -0.1) is 0 Å². The van der Waals surface area contributed by atoms with Gasteiger partial charge in [0.2, 0.25) is 0 Å². The van der Waals surface area contributed by atoms with Gasteiger partial charge in [-0.1, -0.05) is 13.3 Å². The number of ketones is 1. The Morgan fingerprint density at radius 2 is 2.42 bits per heavy atom. The van der Waals surface area contributed by atoms with Crippen molar-refractivity contribution in [3.63, 3.8) is 0 Å². The van der Waals surface area contributed by atoms with E-state index in [2.05, 4.69) is 6.92 Å². The van der Waals surface area contributed by atoms with Crippen LogP contribution in [-0.2, 0) is 9.53 Å². The number of carbonyl (C=O) groups is 1. The first kappa shape index (κ1) is 8.24. The second-order valence-electron chi connectivity index (χ2n) is 3.91. The molecule has 2 unspecified atom stereocenters. The van der Waals surface area contributed by atoms with Gasteiger partial charge in [0.1, 0.15) is 0 Å². The molecule has 1 saturated heterocycles. The molecule has 12 heavy (non-hydrogen) atoms. The average molecular weight is 168 g/mol. The Hall–Kier alpha value is -0.370. The summed E-state index contributed by atoms with van der Waals surface area (Å²) in [7, 11) is 0. The highest BCUT2D eigenvalue weighted by atomic mass is 16.6. The van der Waals surface area contributed by atoms with Crippen LogP contribution in [0, 0.1) is 0 Å². The predicted octanol–water partition coefficient (Wildman–Crippen LogP) is 2.07. The third kappa shape index (κ3) is 1.09. The van der Waals surface area contributed by atoms with Crippen LogP contribution in [0.25, 0.3) is 0 Å². The smallest absolute Gasteiger partial charge is 0.167 e. The Kier molecular flexibility index (Phi) is 1.95. The molecule has 0 radical (unpaired) electrons. The predicted molar refractivity (Wildman–Crippen MR) is 46.0 cm³/mol. The standard InChI is InChI=1S/C10H16O2/c1-2-5-8(11)10-7-4-3-6-9(10)12-10/h9H,2-7H2,1H3. The minimum Gasteiger partial charge on any atom is -0.358 e. The van der Waals surface area contributed by atoms with E-state index < -0.39 is 0 Å². The van der Waals surface area contributed by atoms with Crippen molar-refractivity contribution in [2.75, 3.05) is 0 Å². The fourth-order valence-corrected chi connectivity index (χ4v) is 2.27. The van der Waals surface area contributed by atoms with Crippen LogP contribution in [0.2, 0.25) is 0 Å². The number of epoxide rings is 1. The molecular weight excluding hydrogens is 152 g/mol. The van der Waals surface area contributed by atoms with Crippen molar-refractivity contribution < 1.29 is 9.53 Å². The lowest BCUT2D eigenvalue weighted by Crippen LogP contribution is -2.29. The summed E-state index contributed by atoms with van der Waals surface area (Å²) in [6, 6.07) is 0. The van der Waals surface area contributed by atoms with Gasteiger partial charge >= 0.3 is 0 Å². The summed E-state index contributed by atoms with van der Waals surface area (Å²) in [5.74, 6) is 0.356. The summed E-state index contributed by atoms with van der Waals surface area (Å²) in [6.07, 6.45) is 6.46. The van der Waals surface area contributed by atoms with Crippen molar-refractivity contribution in [3.05, 3.63) is 0 Å². The summed E-state index contributed by atoms with van der Waals surface area (Å²) in [6.45, 7) is 2.05. The molecule has 68 valence electrons. The van der Waals surface area contributed by atoms with E-state index in [9.17, 15) is 4.79 Å². The van der Waals surface area contributed by atoms with Crippen LogP contribution in [0.3, 0.4) is 0 Å². The molecule has 1 aliphatic carbocycles. The summed E-state index contributed by atoms with van der Waals surface area (Å²) in [4.78, 5) is 11.6. The number of hydrogen-bond donors (Lipinski definition) is 0. The van der Waals surface area contributed by atoms with Crippen LogP contribution in [0.5, 0.6) is 0 Å². The van der Waals surface area contributed by atoms with Crippen LogP contribution in [-0.4, -0.2) is 17.5 Å². The first-order valence-corrected chi connectivity index (χ1v) is 5.01. The van der Waals surface area contributed by atoms with Crippen molar-refractivity contribution >= 4 is 5.78 Å². The minimum atomic E-state index is -0.283. The molecule has 0 bridgehead atoms. The lowest BCUT2D eigenvalue weighted by molar-refractivity contribution is -0.124. The van der Waals surface area contributed by atoms with E-state index in [0.717, 1.165) is 19.3 Å². The van der Waals surface area contributed by atoms with E-state index in [1.54, 1.807) is 0 Å². The number of carbonyl (C=O) groups excluding carboxylic acids is 1. The quantitative estimate of drug-likeness (QED) is 0.604. The molecule has 2 heteroatoms. The van der Waals surface area contributed by atoms with E-state index in [0.29, 0.717) is 18.3 Å². The molecule has 2 atom stereocenters. The molecule has 0 aromatic heterocycles. The van der Waals surface area contributed by atoms with Gasteiger partial charge in [0, 0.05) is 6.42 Å². The number of rotatable bonds is 3. The first-order valence-electron chi connectivity index (χ1n) is 5.01. The highest BCUT2D eigenvalue weighted by Crippen LogP contribution is 2.48. The number of ether oxygens (including phenoxy) is 1. The molecule has 0 aromatic carbocycles. The average Bonchev–Trinajstić information content (AvgIpc) is 2.79. The zero-order valence-electron chi connectivity index (χ0n) is 7.64. The van der Waals surface area contributed by atoms with Crippen molar-refractivity contribution in [2.24, 2.45) is 0 Å². The molecule has 0 amide bonds. The third-order valence-corrected chi connectivity index (χ3v) is 3.03. The van der Waals surface area contributed by atoms with Gasteiger partial charge in [-0.05, 0) is 25.7 Å². The van der Waals surface area contributed by atoms with Gasteiger partial charge in [0.25, 0.3) is 0 Å². The molecule has 1 heterocycles. The number of fused-ring (bicyclic) bond motifs is 1. The maximum absolute atomic E-state index is 11.6. The normalized spacial score (nSPS) is 38.9. The van der Waals surface area contributed by atoms with E-state index in [-0.39, 0.29) is 5.60 Å². The van der Waals surface area contributed by atoms with Crippen molar-refractivity contribution in [1.29, 1.82) is 0 Å². The minimum absolute atomic E-state index is 0.283. The summed E-state index contributed by atoms with van der Waals surface area (Å²) in [5.41, 5.74) is -0.283. The molecule has 0 N–H and O–H groups in total. The molecule has 0 aromatic rings. The second-order valence-corrected chi connectivity index (χ2v) is 3.91. The molecule has 2 fully saturated rings. The van der Waals surface area contributed by atoms with Gasteiger partial charge in [-0.3, -0.25) is 4.79 Å². The Morgan fingerprint density at radius 1 is 1.58 bits per heavy atom. The Bertz CT molecular complexity index is 200. The fourth-order valence-electron chi connectivity index (χ4n) is 2.27. The summed E-state index contributed by atoms with van der Waals surface area (Å²) >= 11 is 0. The largest absolute Gasteiger partial charge is 0.358 e. The highest BCUT2D eigenvalue weighted by molar-refractivity contribution is 5.90. The molecular formula is C10H16O2. The van der Waals surface area contributed by atoms with E-state index >= 15 is 0 Å². The third-order valence-electron chi connectivity index (χ3n) is 3.03. The fraction of sp³-hybridized carbons (Fsp3) is 0.900. The Labute approximate surface area is 73.3 Å². The number of Topliss-reactive ketones (excluding diaryl/α,β-unsaturated/α-hetero) is 1. The van der Waals surface area contributed by atoms with Gasteiger partial charge < -0.3 is 4.74 Å². The molecule has 2 rings (SSSR count). The Morgan fingerprint density at radius 3 is 3.08 bits per heavy atom. The zero-order chi connectivity index (χ0) is 8.60. The van der Waals surface area contributed by atoms with Crippen LogP contribution in [0.15, 0.2) is 0 Å². The zero-order valence-corrected chi connectivity index (χ0v) is 7.64. The number of hydrogen-bond acceptors (Lipinski definition) is 2. The maximum Gasteiger partial charge on any atom is 0.167 e. The molecule has 1 aliphatic heterocycles. The SMILES string of the molecule is CCCC(=O)C12CCCCC1O2. The van der Waals surface area contributed by atoms with Crippen LogP contribution >= 0.6 is 0 Å². The van der Waals surface area contributed by atoms with Gasteiger partial charge in [0.05, 0.1) is 6.10 Å². The Balaban J connectivity index is 1.98. The van der Waals surface area contributed by atoms with Gasteiger partial charge in [-0.2, -0.15) is 0 Å². The monoisotopic (exact) mass is 168 g/mol. The topological polar surface area (TPSA) is 29.6 Å². The van der Waals surface area contributed by atoms with E-state index in [4.69, 9.17) is 4.74 Å². The van der Waals surface area contributed by atoms with Crippen LogP contribution in [0.4, 0.5) is 0 Å². The van der Waals surface area contributed by atoms with Crippen LogP contribution in [0.1, 0.15) is 45.4 Å². The lowest BCUT2D eigenvalue weighted by atomic mass is 9.84. The van der Waals surface area contributed by atoms with Crippen molar-refractivity contribution in [1.82, 2.24) is 0 Å². The van der Waals surface area contributed by atoms with Crippen molar-refractivity contribution in [2.45, 2.75) is 57.2 Å². The second kappa shape index (κ2) is 2.84. The summed E-state index contributed by atoms with van der Waals surface area (Å²) in [5, 5.41) is 0. The van der Waals surface area contributed by atoms with E-state index in [1.807, 2.05) is 0 Å². The van der Waals surface area contributed by atoms with Crippen molar-refractivity contribution in [3.8, 4) is 0 Å². The highest BCUT2D eigenvalue weighted by Gasteiger charge is 2.61. The summed E-state index contributed by atoms with van der Waals surface area (Å²) < 4.78 is 5.53. The van der Waals surface area contributed by atoms with Gasteiger partial charge in [-0.25, -0.2) is 0 Å². The molecule has 2 aliphatic rings. The maximum atomic E-state index is 11.6. The molecule has 0 spiro atoms. The van der Waals surface area contributed by atoms with E-state index in [1.165, 1.54) is 12.8 Å². The first-order chi connectivity index (χ1) is 5.79. The van der Waals surface area contributed by atoms with Crippen LogP contribution < -0.4 is 0 Å². The van der Waals surface area contributed by atoms with Gasteiger partial charge in [0.15, 0.2) is 11.4 Å². The molecule has 2 nitrogen and oxygen atoms in total. The lowest BCUT2D eigenvalue weighted by Gasteiger charge is -2.14. The molecule has 1 saturated carbocycles.